The maximum absolute atomic E-state index is 6.14. The lowest BCUT2D eigenvalue weighted by atomic mass is 9.98. The average molecular weight is 226 g/mol. The van der Waals surface area contributed by atoms with E-state index in [-0.39, 0.29) is 0 Å². The van der Waals surface area contributed by atoms with Crippen molar-refractivity contribution in [2.75, 3.05) is 6.54 Å². The van der Waals surface area contributed by atoms with E-state index < -0.39 is 0 Å². The Labute approximate surface area is 97.8 Å². The third kappa shape index (κ3) is 4.23. The molecule has 2 heteroatoms. The van der Waals surface area contributed by atoms with Crippen LogP contribution in [-0.2, 0) is 0 Å². The monoisotopic (exact) mass is 225 g/mol. The third-order valence-corrected chi connectivity index (χ3v) is 2.91. The van der Waals surface area contributed by atoms with E-state index in [0.29, 0.717) is 12.0 Å². The van der Waals surface area contributed by atoms with Gasteiger partial charge in [-0.1, -0.05) is 50.6 Å². The molecule has 0 saturated carbocycles. The van der Waals surface area contributed by atoms with E-state index in [0.717, 1.165) is 18.0 Å². The van der Waals surface area contributed by atoms with Gasteiger partial charge in [0.05, 0.1) is 0 Å². The van der Waals surface area contributed by atoms with Gasteiger partial charge in [-0.25, -0.2) is 0 Å². The van der Waals surface area contributed by atoms with Gasteiger partial charge in [-0.15, -0.1) is 0 Å². The predicted octanol–water partition coefficient (Wildman–Crippen LogP) is 3.83. The molecule has 0 spiro atoms. The minimum Gasteiger partial charge on any atom is -0.315 e. The normalized spacial score (nSPS) is 13.1. The summed E-state index contributed by atoms with van der Waals surface area (Å²) in [7, 11) is 0. The molecule has 1 aromatic rings. The first-order valence-electron chi connectivity index (χ1n) is 5.59. The molecule has 0 amide bonds. The fourth-order valence-corrected chi connectivity index (χ4v) is 1.94. The van der Waals surface area contributed by atoms with Crippen LogP contribution in [0, 0.1) is 0 Å². The fraction of sp³-hybridized carbons (Fsp3) is 0.538. The van der Waals surface area contributed by atoms with E-state index in [2.05, 4.69) is 32.2 Å². The van der Waals surface area contributed by atoms with Crippen LogP contribution in [0.3, 0.4) is 0 Å². The van der Waals surface area contributed by atoms with Gasteiger partial charge in [0.15, 0.2) is 0 Å². The van der Waals surface area contributed by atoms with Crippen molar-refractivity contribution in [1.82, 2.24) is 5.32 Å². The van der Waals surface area contributed by atoms with Gasteiger partial charge in [-0.05, 0) is 30.5 Å². The molecule has 1 aromatic carbocycles. The van der Waals surface area contributed by atoms with Crippen molar-refractivity contribution < 1.29 is 0 Å². The number of halogens is 1. The SMILES string of the molecule is CC(C)NCCC(C)c1ccccc1Cl. The van der Waals surface area contributed by atoms with Crippen LogP contribution in [0.4, 0.5) is 0 Å². The zero-order chi connectivity index (χ0) is 11.3. The van der Waals surface area contributed by atoms with E-state index in [1.54, 1.807) is 0 Å². The Morgan fingerprint density at radius 3 is 2.47 bits per heavy atom. The maximum Gasteiger partial charge on any atom is 0.0440 e. The Bertz CT molecular complexity index is 296. The number of hydrogen-bond donors (Lipinski definition) is 1. The van der Waals surface area contributed by atoms with Gasteiger partial charge < -0.3 is 5.32 Å². The Balaban J connectivity index is 2.47. The van der Waals surface area contributed by atoms with Crippen LogP contribution in [0.15, 0.2) is 24.3 Å². The molecule has 1 unspecified atom stereocenters. The highest BCUT2D eigenvalue weighted by atomic mass is 35.5. The zero-order valence-electron chi connectivity index (χ0n) is 9.76. The first-order valence-corrected chi connectivity index (χ1v) is 5.97. The number of benzene rings is 1. The summed E-state index contributed by atoms with van der Waals surface area (Å²) in [5.74, 6) is 0.518. The zero-order valence-corrected chi connectivity index (χ0v) is 10.5. The van der Waals surface area contributed by atoms with E-state index in [9.17, 15) is 0 Å². The van der Waals surface area contributed by atoms with Crippen LogP contribution >= 0.6 is 11.6 Å². The van der Waals surface area contributed by atoms with Gasteiger partial charge in [-0.2, -0.15) is 0 Å². The molecule has 1 nitrogen and oxygen atoms in total. The molecule has 0 radical (unpaired) electrons. The molecule has 1 N–H and O–H groups in total. The standard InChI is InChI=1S/C13H20ClN/c1-10(2)15-9-8-11(3)12-6-4-5-7-13(12)14/h4-7,10-11,15H,8-9H2,1-3H3. The Kier molecular flexibility index (Phi) is 5.13. The summed E-state index contributed by atoms with van der Waals surface area (Å²) < 4.78 is 0. The molecule has 1 rings (SSSR count). The van der Waals surface area contributed by atoms with E-state index >= 15 is 0 Å². The molecule has 0 aromatic heterocycles. The minimum atomic E-state index is 0.518. The van der Waals surface area contributed by atoms with Crippen molar-refractivity contribution in [2.24, 2.45) is 0 Å². The second kappa shape index (κ2) is 6.14. The van der Waals surface area contributed by atoms with Gasteiger partial charge >= 0.3 is 0 Å². The topological polar surface area (TPSA) is 12.0 Å². The molecule has 0 aliphatic carbocycles. The van der Waals surface area contributed by atoms with Gasteiger partial charge in [0.2, 0.25) is 0 Å². The van der Waals surface area contributed by atoms with Gasteiger partial charge in [-0.3, -0.25) is 0 Å². The molecule has 0 saturated heterocycles. The molecule has 0 fully saturated rings. The van der Waals surface area contributed by atoms with E-state index in [4.69, 9.17) is 11.6 Å². The number of nitrogens with one attached hydrogen (secondary N) is 1. The molecule has 0 aliphatic heterocycles. The van der Waals surface area contributed by atoms with Crippen LogP contribution in [0.1, 0.15) is 38.7 Å². The van der Waals surface area contributed by atoms with Gasteiger partial charge in [0, 0.05) is 11.1 Å². The molecule has 15 heavy (non-hydrogen) atoms. The molecular formula is C13H20ClN. The number of rotatable bonds is 5. The van der Waals surface area contributed by atoms with Crippen LogP contribution in [0.2, 0.25) is 5.02 Å². The summed E-state index contributed by atoms with van der Waals surface area (Å²) in [5, 5.41) is 4.31. The Morgan fingerprint density at radius 2 is 1.87 bits per heavy atom. The largest absolute Gasteiger partial charge is 0.315 e. The summed E-state index contributed by atoms with van der Waals surface area (Å²) in [4.78, 5) is 0. The van der Waals surface area contributed by atoms with Crippen LogP contribution in [-0.4, -0.2) is 12.6 Å². The first kappa shape index (κ1) is 12.5. The number of hydrogen-bond acceptors (Lipinski definition) is 1. The third-order valence-electron chi connectivity index (χ3n) is 2.57. The summed E-state index contributed by atoms with van der Waals surface area (Å²) in [6.07, 6.45) is 1.13. The highest BCUT2D eigenvalue weighted by Gasteiger charge is 2.08. The Morgan fingerprint density at radius 1 is 1.20 bits per heavy atom. The van der Waals surface area contributed by atoms with Crippen LogP contribution in [0.5, 0.6) is 0 Å². The summed E-state index contributed by atoms with van der Waals surface area (Å²) in [6, 6.07) is 8.66. The van der Waals surface area contributed by atoms with Crippen molar-refractivity contribution in [3.8, 4) is 0 Å². The summed E-state index contributed by atoms with van der Waals surface area (Å²) >= 11 is 6.14. The highest BCUT2D eigenvalue weighted by Crippen LogP contribution is 2.25. The van der Waals surface area contributed by atoms with E-state index in [1.165, 1.54) is 5.56 Å². The van der Waals surface area contributed by atoms with Gasteiger partial charge in [0.1, 0.15) is 0 Å². The summed E-state index contributed by atoms with van der Waals surface area (Å²) in [6.45, 7) is 7.60. The second-order valence-corrected chi connectivity index (χ2v) is 4.73. The van der Waals surface area contributed by atoms with Crippen molar-refractivity contribution in [2.45, 2.75) is 39.2 Å². The lowest BCUT2D eigenvalue weighted by Gasteiger charge is -2.15. The summed E-state index contributed by atoms with van der Waals surface area (Å²) in [5.41, 5.74) is 1.25. The van der Waals surface area contributed by atoms with Crippen molar-refractivity contribution in [3.05, 3.63) is 34.9 Å². The molecule has 1 atom stereocenters. The molecule has 0 heterocycles. The smallest absolute Gasteiger partial charge is 0.0440 e. The molecule has 0 bridgehead atoms. The second-order valence-electron chi connectivity index (χ2n) is 4.32. The minimum absolute atomic E-state index is 0.518. The molecular weight excluding hydrogens is 206 g/mol. The quantitative estimate of drug-likeness (QED) is 0.803. The van der Waals surface area contributed by atoms with E-state index in [1.807, 2.05) is 18.2 Å². The fourth-order valence-electron chi connectivity index (χ4n) is 1.62. The van der Waals surface area contributed by atoms with Crippen molar-refractivity contribution in [1.29, 1.82) is 0 Å². The average Bonchev–Trinajstić information content (AvgIpc) is 2.17. The highest BCUT2D eigenvalue weighted by molar-refractivity contribution is 6.31. The Hall–Kier alpha value is -0.530. The molecule has 0 aliphatic rings. The molecule has 84 valence electrons. The van der Waals surface area contributed by atoms with Crippen LogP contribution in [0.25, 0.3) is 0 Å². The van der Waals surface area contributed by atoms with Crippen LogP contribution < -0.4 is 5.32 Å². The van der Waals surface area contributed by atoms with Crippen molar-refractivity contribution in [3.63, 3.8) is 0 Å². The maximum atomic E-state index is 6.14. The predicted molar refractivity (Wildman–Crippen MR) is 67.6 cm³/mol. The van der Waals surface area contributed by atoms with Crippen molar-refractivity contribution >= 4 is 11.6 Å². The lowest BCUT2D eigenvalue weighted by Crippen LogP contribution is -2.24. The first-order chi connectivity index (χ1) is 7.11. The lowest BCUT2D eigenvalue weighted by molar-refractivity contribution is 0.541. The van der Waals surface area contributed by atoms with Gasteiger partial charge in [0.25, 0.3) is 0 Å².